The van der Waals surface area contributed by atoms with E-state index in [0.29, 0.717) is 11.5 Å². The zero-order valence-corrected chi connectivity index (χ0v) is 15.6. The minimum Gasteiger partial charge on any atom is -0.455 e. The fourth-order valence-electron chi connectivity index (χ4n) is 5.00. The van der Waals surface area contributed by atoms with Crippen LogP contribution in [0.3, 0.4) is 0 Å². The predicted octanol–water partition coefficient (Wildman–Crippen LogP) is 2.82. The van der Waals surface area contributed by atoms with Gasteiger partial charge in [-0.3, -0.25) is 0 Å². The topological polar surface area (TPSA) is 19.6 Å². The van der Waals surface area contributed by atoms with Crippen molar-refractivity contribution in [2.75, 3.05) is 7.05 Å². The van der Waals surface area contributed by atoms with Gasteiger partial charge in [-0.15, -0.1) is 0 Å². The van der Waals surface area contributed by atoms with Crippen molar-refractivity contribution >= 4 is 30.1 Å². The lowest BCUT2D eigenvalue weighted by atomic mass is 9.67. The Morgan fingerprint density at radius 2 is 1.88 bits per heavy atom. The van der Waals surface area contributed by atoms with Crippen molar-refractivity contribution in [2.24, 2.45) is 5.41 Å². The van der Waals surface area contributed by atoms with E-state index in [1.165, 1.54) is 17.0 Å². The van der Waals surface area contributed by atoms with E-state index in [0.717, 1.165) is 11.0 Å². The summed E-state index contributed by atoms with van der Waals surface area (Å²) in [5.74, 6) is 2.39. The van der Waals surface area contributed by atoms with E-state index in [9.17, 15) is 0 Å². The van der Waals surface area contributed by atoms with Crippen molar-refractivity contribution in [1.29, 1.82) is 0 Å². The molecule has 24 heavy (non-hydrogen) atoms. The van der Waals surface area contributed by atoms with E-state index in [1.54, 1.807) is 0 Å². The highest BCUT2D eigenvalue weighted by atomic mass is 16.3. The zero-order chi connectivity index (χ0) is 17.3. The molecule has 2 aromatic rings. The first kappa shape index (κ1) is 15.8. The molecule has 0 bridgehead atoms. The first-order valence-electron chi connectivity index (χ1n) is 8.92. The third-order valence-corrected chi connectivity index (χ3v) is 6.14. The second-order valence-electron chi connectivity index (χ2n) is 8.81. The van der Waals surface area contributed by atoms with Crippen LogP contribution in [0.1, 0.15) is 41.0 Å². The van der Waals surface area contributed by atoms with Crippen LogP contribution in [0.15, 0.2) is 28.7 Å². The SMILES string of the molecule is CC1N(B2C=c3c(oc4ccccc34)=CN2C)C(C)(C)CC1(C)C. The smallest absolute Gasteiger partial charge is 0.371 e. The third kappa shape index (κ3) is 2.16. The van der Waals surface area contributed by atoms with Crippen molar-refractivity contribution in [1.82, 2.24) is 9.62 Å². The molecule has 0 spiro atoms. The Labute approximate surface area is 144 Å². The molecule has 0 N–H and O–H groups in total. The first-order chi connectivity index (χ1) is 11.2. The molecule has 1 atom stereocenters. The van der Waals surface area contributed by atoms with Crippen LogP contribution in [-0.2, 0) is 0 Å². The molecule has 0 aliphatic carbocycles. The highest BCUT2D eigenvalue weighted by molar-refractivity contribution is 6.69. The summed E-state index contributed by atoms with van der Waals surface area (Å²) in [4.78, 5) is 4.97. The molecule has 0 amide bonds. The van der Waals surface area contributed by atoms with Crippen molar-refractivity contribution in [3.05, 3.63) is 34.9 Å². The maximum Gasteiger partial charge on any atom is 0.371 e. The average Bonchev–Trinajstić information content (AvgIpc) is 2.90. The van der Waals surface area contributed by atoms with Gasteiger partial charge in [-0.25, -0.2) is 0 Å². The Kier molecular flexibility index (Phi) is 3.24. The molecule has 3 heterocycles. The standard InChI is InChI=1S/C20H27BN2O/c1-14-19(2,3)13-20(4,5)23(14)21-11-16-15-9-7-8-10-17(15)24-18(16)12-22(21)6/h7-12,14H,13H2,1-6H3. The number of furan rings is 1. The van der Waals surface area contributed by atoms with Gasteiger partial charge in [0, 0.05) is 28.4 Å². The first-order valence-corrected chi connectivity index (χ1v) is 8.92. The zero-order valence-electron chi connectivity index (χ0n) is 15.6. The van der Waals surface area contributed by atoms with Crippen LogP contribution < -0.4 is 10.6 Å². The molecule has 1 aromatic heterocycles. The lowest BCUT2D eigenvalue weighted by Crippen LogP contribution is -2.59. The van der Waals surface area contributed by atoms with Crippen molar-refractivity contribution in [3.8, 4) is 0 Å². The molecule has 0 radical (unpaired) electrons. The molecule has 126 valence electrons. The van der Waals surface area contributed by atoms with Gasteiger partial charge in [0.15, 0.2) is 0 Å². The summed E-state index contributed by atoms with van der Waals surface area (Å²) in [7, 11) is 2.16. The van der Waals surface area contributed by atoms with Gasteiger partial charge < -0.3 is 14.0 Å². The summed E-state index contributed by atoms with van der Waals surface area (Å²) < 4.78 is 6.04. The van der Waals surface area contributed by atoms with Crippen LogP contribution >= 0.6 is 0 Å². The van der Waals surface area contributed by atoms with E-state index < -0.39 is 0 Å². The molecule has 0 saturated carbocycles. The van der Waals surface area contributed by atoms with Gasteiger partial charge in [0.05, 0.1) is 0 Å². The molecule has 1 unspecified atom stereocenters. The Morgan fingerprint density at radius 3 is 2.54 bits per heavy atom. The summed E-state index contributed by atoms with van der Waals surface area (Å²) >= 11 is 0. The minimum atomic E-state index is 0.170. The van der Waals surface area contributed by atoms with Crippen LogP contribution in [0.25, 0.3) is 23.1 Å². The van der Waals surface area contributed by atoms with Crippen LogP contribution in [0.2, 0.25) is 0 Å². The lowest BCUT2D eigenvalue weighted by Gasteiger charge is -2.42. The Morgan fingerprint density at radius 1 is 1.17 bits per heavy atom. The second kappa shape index (κ2) is 4.92. The maximum atomic E-state index is 6.04. The highest BCUT2D eigenvalue weighted by Gasteiger charge is 2.52. The normalized spacial score (nSPS) is 25.5. The Balaban J connectivity index is 1.88. The van der Waals surface area contributed by atoms with Gasteiger partial charge >= 0.3 is 6.98 Å². The average molecular weight is 322 g/mol. The van der Waals surface area contributed by atoms with Gasteiger partial charge in [-0.2, -0.15) is 0 Å². The number of fused-ring (bicyclic) bond motifs is 3. The van der Waals surface area contributed by atoms with Gasteiger partial charge in [-0.05, 0) is 45.7 Å². The molecule has 2 aliphatic rings. The van der Waals surface area contributed by atoms with Gasteiger partial charge in [0.1, 0.15) is 11.0 Å². The number of rotatable bonds is 1. The second-order valence-corrected chi connectivity index (χ2v) is 8.81. The predicted molar refractivity (Wildman–Crippen MR) is 102 cm³/mol. The molecule has 4 heteroatoms. The Bertz CT molecular complexity index is 911. The summed E-state index contributed by atoms with van der Waals surface area (Å²) in [5.41, 5.74) is 2.43. The van der Waals surface area contributed by atoms with Crippen LogP contribution in [0.5, 0.6) is 0 Å². The molecule has 4 rings (SSSR count). The number of hydrogen-bond acceptors (Lipinski definition) is 3. The van der Waals surface area contributed by atoms with E-state index in [-0.39, 0.29) is 12.5 Å². The molecule has 2 aliphatic heterocycles. The molecular formula is C20H27BN2O. The van der Waals surface area contributed by atoms with E-state index in [2.05, 4.69) is 81.7 Å². The summed E-state index contributed by atoms with van der Waals surface area (Å²) in [6, 6.07) is 8.85. The van der Waals surface area contributed by atoms with Gasteiger partial charge in [0.25, 0.3) is 0 Å². The number of nitrogens with zero attached hydrogens (tertiary/aromatic N) is 2. The van der Waals surface area contributed by atoms with Gasteiger partial charge in [0.2, 0.25) is 0 Å². The minimum absolute atomic E-state index is 0.170. The van der Waals surface area contributed by atoms with Crippen LogP contribution in [0.4, 0.5) is 0 Å². The molecular weight excluding hydrogens is 295 g/mol. The summed E-state index contributed by atoms with van der Waals surface area (Å²) in [6.07, 6.45) is 3.37. The van der Waals surface area contributed by atoms with Crippen molar-refractivity contribution < 1.29 is 4.42 Å². The molecule has 1 fully saturated rings. The fourth-order valence-corrected chi connectivity index (χ4v) is 5.00. The quantitative estimate of drug-likeness (QED) is 0.753. The maximum absolute atomic E-state index is 6.04. The monoisotopic (exact) mass is 322 g/mol. The summed E-state index contributed by atoms with van der Waals surface area (Å²) in [6.45, 7) is 12.2. The van der Waals surface area contributed by atoms with Crippen LogP contribution in [-0.4, -0.2) is 35.2 Å². The summed E-state index contributed by atoms with van der Waals surface area (Å²) in [5, 5.41) is 2.45. The number of para-hydroxylation sites is 1. The van der Waals surface area contributed by atoms with Crippen molar-refractivity contribution in [2.45, 2.75) is 52.6 Å². The largest absolute Gasteiger partial charge is 0.455 e. The fraction of sp³-hybridized carbons (Fsp3) is 0.500. The van der Waals surface area contributed by atoms with Gasteiger partial charge in [-0.1, -0.05) is 38.0 Å². The van der Waals surface area contributed by atoms with E-state index in [4.69, 9.17) is 4.42 Å². The third-order valence-electron chi connectivity index (χ3n) is 6.14. The van der Waals surface area contributed by atoms with E-state index >= 15 is 0 Å². The van der Waals surface area contributed by atoms with Crippen molar-refractivity contribution in [3.63, 3.8) is 0 Å². The number of benzene rings is 1. The molecule has 3 nitrogen and oxygen atoms in total. The lowest BCUT2D eigenvalue weighted by molar-refractivity contribution is 0.226. The van der Waals surface area contributed by atoms with Crippen LogP contribution in [0, 0.1) is 5.41 Å². The van der Waals surface area contributed by atoms with E-state index in [1.807, 2.05) is 6.07 Å². The highest BCUT2D eigenvalue weighted by Crippen LogP contribution is 2.46. The molecule has 1 aromatic carbocycles. The molecule has 1 saturated heterocycles. The number of hydrogen-bond donors (Lipinski definition) is 0. The Hall–Kier alpha value is -1.68.